The van der Waals surface area contributed by atoms with Crippen molar-refractivity contribution in [2.24, 2.45) is 0 Å². The molecular weight excluding hydrogens is 319 g/mol. The maximum atomic E-state index is 13.3. The molecule has 4 aromatic rings. The summed E-state index contributed by atoms with van der Waals surface area (Å²) in [6, 6.07) is 8.10. The Labute approximate surface area is 135 Å². The van der Waals surface area contributed by atoms with Crippen LogP contribution in [0.5, 0.6) is 0 Å². The number of nitrogens with zero attached hydrogens (tertiary/aromatic N) is 6. The molecule has 0 radical (unpaired) electrons. The van der Waals surface area contributed by atoms with Crippen LogP contribution >= 0.6 is 11.6 Å². The van der Waals surface area contributed by atoms with Crippen molar-refractivity contribution in [3.05, 3.63) is 65.7 Å². The van der Waals surface area contributed by atoms with Gasteiger partial charge in [0.25, 0.3) is 0 Å². The summed E-state index contributed by atoms with van der Waals surface area (Å²) in [7, 11) is 0. The Morgan fingerprint density at radius 1 is 1.13 bits per heavy atom. The first-order chi connectivity index (χ1) is 11.2. The summed E-state index contributed by atoms with van der Waals surface area (Å²) in [4.78, 5) is 12.6. The SMILES string of the molecule is Fc1cccc(-c2nccn2Cc2cn3nc(Cl)ccc3n2)n1. The van der Waals surface area contributed by atoms with Gasteiger partial charge in [-0.05, 0) is 24.3 Å². The minimum Gasteiger partial charge on any atom is -0.324 e. The summed E-state index contributed by atoms with van der Waals surface area (Å²) in [5.74, 6) is 0.0381. The molecule has 8 heteroatoms. The molecule has 0 N–H and O–H groups in total. The Kier molecular flexibility index (Phi) is 3.27. The Morgan fingerprint density at radius 3 is 2.91 bits per heavy atom. The number of aromatic nitrogens is 6. The number of pyridine rings is 1. The molecule has 0 aliphatic heterocycles. The van der Waals surface area contributed by atoms with E-state index in [1.54, 1.807) is 47.4 Å². The van der Waals surface area contributed by atoms with Gasteiger partial charge in [-0.2, -0.15) is 9.49 Å². The van der Waals surface area contributed by atoms with Gasteiger partial charge in [0.2, 0.25) is 5.95 Å². The average Bonchev–Trinajstić information content (AvgIpc) is 3.13. The van der Waals surface area contributed by atoms with Crippen LogP contribution in [0.1, 0.15) is 5.69 Å². The van der Waals surface area contributed by atoms with Crippen molar-refractivity contribution in [1.82, 2.24) is 29.1 Å². The fourth-order valence-electron chi connectivity index (χ4n) is 2.36. The molecule has 0 unspecified atom stereocenters. The van der Waals surface area contributed by atoms with Crippen LogP contribution in [-0.4, -0.2) is 29.1 Å². The average molecular weight is 329 g/mol. The molecule has 4 aromatic heterocycles. The molecule has 23 heavy (non-hydrogen) atoms. The highest BCUT2D eigenvalue weighted by Crippen LogP contribution is 2.17. The lowest BCUT2D eigenvalue weighted by molar-refractivity contribution is 0.584. The zero-order valence-electron chi connectivity index (χ0n) is 11.8. The van der Waals surface area contributed by atoms with Gasteiger partial charge in [0.15, 0.2) is 11.5 Å². The number of hydrogen-bond donors (Lipinski definition) is 0. The highest BCUT2D eigenvalue weighted by Gasteiger charge is 2.11. The second-order valence-electron chi connectivity index (χ2n) is 4.92. The van der Waals surface area contributed by atoms with Gasteiger partial charge in [-0.25, -0.2) is 19.5 Å². The van der Waals surface area contributed by atoms with Crippen LogP contribution in [-0.2, 0) is 6.54 Å². The van der Waals surface area contributed by atoms with Crippen LogP contribution in [0.15, 0.2) is 48.9 Å². The minimum atomic E-state index is -0.538. The van der Waals surface area contributed by atoms with Gasteiger partial charge in [-0.15, -0.1) is 0 Å². The summed E-state index contributed by atoms with van der Waals surface area (Å²) >= 11 is 5.87. The van der Waals surface area contributed by atoms with E-state index in [0.29, 0.717) is 28.9 Å². The van der Waals surface area contributed by atoms with Crippen LogP contribution in [0.3, 0.4) is 0 Å². The van der Waals surface area contributed by atoms with Gasteiger partial charge in [-0.1, -0.05) is 17.7 Å². The number of hydrogen-bond acceptors (Lipinski definition) is 4. The molecule has 0 aliphatic carbocycles. The largest absolute Gasteiger partial charge is 0.324 e. The van der Waals surface area contributed by atoms with Crippen molar-refractivity contribution in [3.63, 3.8) is 0 Å². The van der Waals surface area contributed by atoms with E-state index in [9.17, 15) is 4.39 Å². The van der Waals surface area contributed by atoms with Gasteiger partial charge in [0.1, 0.15) is 10.8 Å². The van der Waals surface area contributed by atoms with E-state index >= 15 is 0 Å². The fourth-order valence-corrected chi connectivity index (χ4v) is 2.51. The van der Waals surface area contributed by atoms with E-state index in [1.807, 2.05) is 4.57 Å². The Bertz CT molecular complexity index is 992. The first-order valence-corrected chi connectivity index (χ1v) is 7.22. The maximum absolute atomic E-state index is 13.3. The molecule has 0 bridgehead atoms. The minimum absolute atomic E-state index is 0.397. The van der Waals surface area contributed by atoms with Gasteiger partial charge < -0.3 is 4.57 Å². The normalized spacial score (nSPS) is 11.2. The molecule has 0 atom stereocenters. The Balaban J connectivity index is 1.70. The van der Waals surface area contributed by atoms with Crippen LogP contribution in [0.2, 0.25) is 5.15 Å². The monoisotopic (exact) mass is 328 g/mol. The molecule has 0 saturated heterocycles. The van der Waals surface area contributed by atoms with Crippen molar-refractivity contribution in [1.29, 1.82) is 0 Å². The van der Waals surface area contributed by atoms with Crippen molar-refractivity contribution in [2.75, 3.05) is 0 Å². The third-order valence-electron chi connectivity index (χ3n) is 3.33. The van der Waals surface area contributed by atoms with E-state index in [2.05, 4.69) is 20.1 Å². The zero-order chi connectivity index (χ0) is 15.8. The third kappa shape index (κ3) is 2.66. The molecule has 114 valence electrons. The van der Waals surface area contributed by atoms with E-state index in [-0.39, 0.29) is 0 Å². The predicted molar refractivity (Wildman–Crippen MR) is 82.5 cm³/mol. The van der Waals surface area contributed by atoms with Crippen molar-refractivity contribution in [3.8, 4) is 11.5 Å². The van der Waals surface area contributed by atoms with Crippen LogP contribution in [0.4, 0.5) is 4.39 Å². The van der Waals surface area contributed by atoms with Gasteiger partial charge >= 0.3 is 0 Å². The van der Waals surface area contributed by atoms with Crippen LogP contribution < -0.4 is 0 Å². The highest BCUT2D eigenvalue weighted by molar-refractivity contribution is 6.29. The molecule has 0 amide bonds. The summed E-state index contributed by atoms with van der Waals surface area (Å²) in [5.41, 5.74) is 1.96. The van der Waals surface area contributed by atoms with E-state index in [1.165, 1.54) is 6.07 Å². The molecule has 4 heterocycles. The molecular formula is C15H10ClFN6. The molecule has 0 aromatic carbocycles. The second kappa shape index (κ2) is 5.44. The second-order valence-corrected chi connectivity index (χ2v) is 5.30. The summed E-state index contributed by atoms with van der Waals surface area (Å²) in [6.45, 7) is 0.467. The Morgan fingerprint density at radius 2 is 2.04 bits per heavy atom. The lowest BCUT2D eigenvalue weighted by atomic mass is 10.3. The van der Waals surface area contributed by atoms with Crippen molar-refractivity contribution >= 4 is 17.2 Å². The Hall–Kier alpha value is -2.80. The molecule has 6 nitrogen and oxygen atoms in total. The molecule has 0 spiro atoms. The van der Waals surface area contributed by atoms with Crippen LogP contribution in [0.25, 0.3) is 17.2 Å². The first kappa shape index (κ1) is 13.8. The summed E-state index contributed by atoms with van der Waals surface area (Å²) in [5, 5.41) is 4.55. The zero-order valence-corrected chi connectivity index (χ0v) is 12.5. The summed E-state index contributed by atoms with van der Waals surface area (Å²) < 4.78 is 16.8. The number of halogens is 2. The highest BCUT2D eigenvalue weighted by atomic mass is 35.5. The molecule has 0 saturated carbocycles. The standard InChI is InChI=1S/C15H10ClFN6/c16-12-4-5-14-19-10(9-23(14)21-12)8-22-7-6-18-15(22)11-2-1-3-13(17)20-11/h1-7,9H,8H2. The van der Waals surface area contributed by atoms with Gasteiger partial charge in [0, 0.05) is 12.4 Å². The smallest absolute Gasteiger partial charge is 0.213 e. The number of fused-ring (bicyclic) bond motifs is 1. The molecule has 0 fully saturated rings. The lowest BCUT2D eigenvalue weighted by Crippen LogP contribution is -2.02. The maximum Gasteiger partial charge on any atom is 0.213 e. The van der Waals surface area contributed by atoms with Crippen LogP contribution in [0, 0.1) is 5.95 Å². The lowest BCUT2D eigenvalue weighted by Gasteiger charge is -2.05. The van der Waals surface area contributed by atoms with Gasteiger partial charge in [-0.3, -0.25) is 0 Å². The van der Waals surface area contributed by atoms with E-state index in [0.717, 1.165) is 5.69 Å². The number of rotatable bonds is 3. The molecule has 4 rings (SSSR count). The predicted octanol–water partition coefficient (Wildman–Crippen LogP) is 2.83. The summed E-state index contributed by atoms with van der Waals surface area (Å²) in [6.07, 6.45) is 5.24. The molecule has 0 aliphatic rings. The van der Waals surface area contributed by atoms with E-state index in [4.69, 9.17) is 11.6 Å². The quantitative estimate of drug-likeness (QED) is 0.543. The first-order valence-electron chi connectivity index (χ1n) is 6.84. The fraction of sp³-hybridized carbons (Fsp3) is 0.0667. The van der Waals surface area contributed by atoms with E-state index < -0.39 is 5.95 Å². The van der Waals surface area contributed by atoms with Gasteiger partial charge in [0.05, 0.1) is 18.4 Å². The topological polar surface area (TPSA) is 60.9 Å². The van der Waals surface area contributed by atoms with Crippen molar-refractivity contribution < 1.29 is 4.39 Å². The number of imidazole rings is 2. The third-order valence-corrected chi connectivity index (χ3v) is 3.53. The van der Waals surface area contributed by atoms with Crippen molar-refractivity contribution in [2.45, 2.75) is 6.54 Å².